The van der Waals surface area contributed by atoms with Gasteiger partial charge in [-0.3, -0.25) is 4.79 Å². The number of likely N-dealkylation sites (tertiary alicyclic amines) is 1. The number of hydrogen-bond donors (Lipinski definition) is 1. The summed E-state index contributed by atoms with van der Waals surface area (Å²) in [5.41, 5.74) is 1.55. The Bertz CT molecular complexity index is 525. The topological polar surface area (TPSA) is 60.9 Å². The Morgan fingerprint density at radius 2 is 1.86 bits per heavy atom. The maximum Gasteiger partial charge on any atom is 0.326 e. The Kier molecular flexibility index (Phi) is 4.50. The molecular formula is C16H22N2O3. The van der Waals surface area contributed by atoms with Crippen molar-refractivity contribution in [2.45, 2.75) is 25.8 Å². The second-order valence-corrected chi connectivity index (χ2v) is 5.92. The van der Waals surface area contributed by atoms with Crippen molar-refractivity contribution in [3.63, 3.8) is 0 Å². The zero-order chi connectivity index (χ0) is 15.6. The number of anilines is 1. The maximum absolute atomic E-state index is 12.6. The van der Waals surface area contributed by atoms with Crippen LogP contribution in [0.5, 0.6) is 0 Å². The van der Waals surface area contributed by atoms with E-state index in [-0.39, 0.29) is 5.91 Å². The van der Waals surface area contributed by atoms with Gasteiger partial charge in [0, 0.05) is 31.9 Å². The lowest BCUT2D eigenvalue weighted by atomic mass is 9.92. The molecule has 0 aliphatic carbocycles. The van der Waals surface area contributed by atoms with Crippen LogP contribution in [-0.4, -0.2) is 48.6 Å². The first kappa shape index (κ1) is 15.4. The number of rotatable bonds is 3. The van der Waals surface area contributed by atoms with Gasteiger partial charge >= 0.3 is 5.97 Å². The van der Waals surface area contributed by atoms with Gasteiger partial charge in [0.15, 0.2) is 0 Å². The first-order valence-electron chi connectivity index (χ1n) is 7.21. The van der Waals surface area contributed by atoms with Crippen LogP contribution in [0.15, 0.2) is 24.3 Å². The lowest BCUT2D eigenvalue weighted by Crippen LogP contribution is -2.49. The Labute approximate surface area is 125 Å². The molecule has 0 spiro atoms. The molecule has 2 atom stereocenters. The van der Waals surface area contributed by atoms with Crippen LogP contribution in [-0.2, 0) is 4.79 Å². The van der Waals surface area contributed by atoms with Crippen LogP contribution in [0.3, 0.4) is 0 Å². The largest absolute Gasteiger partial charge is 0.480 e. The van der Waals surface area contributed by atoms with Crippen molar-refractivity contribution in [3.05, 3.63) is 29.8 Å². The van der Waals surface area contributed by atoms with Crippen LogP contribution >= 0.6 is 0 Å². The van der Waals surface area contributed by atoms with E-state index in [9.17, 15) is 14.7 Å². The third kappa shape index (κ3) is 3.35. The van der Waals surface area contributed by atoms with Gasteiger partial charge in [-0.1, -0.05) is 6.92 Å². The number of nitrogens with zero attached hydrogens (tertiary/aromatic N) is 2. The lowest BCUT2D eigenvalue weighted by Gasteiger charge is -2.36. The minimum absolute atomic E-state index is 0.195. The van der Waals surface area contributed by atoms with Crippen LogP contribution in [0.4, 0.5) is 5.69 Å². The molecule has 5 heteroatoms. The van der Waals surface area contributed by atoms with Gasteiger partial charge in [-0.15, -0.1) is 0 Å². The lowest BCUT2D eigenvalue weighted by molar-refractivity contribution is -0.144. The van der Waals surface area contributed by atoms with Gasteiger partial charge in [-0.05, 0) is 43.0 Å². The minimum atomic E-state index is -0.917. The third-order valence-electron chi connectivity index (χ3n) is 4.04. The fourth-order valence-electron chi connectivity index (χ4n) is 2.69. The standard InChI is InChI=1S/C16H22N2O3/c1-11-8-9-18(14(10-11)16(20)21)15(19)12-4-6-13(7-5-12)17(2)3/h4-7,11,14H,8-10H2,1-3H3,(H,20,21). The second kappa shape index (κ2) is 6.16. The summed E-state index contributed by atoms with van der Waals surface area (Å²) in [6, 6.07) is 6.55. The van der Waals surface area contributed by atoms with Gasteiger partial charge in [-0.25, -0.2) is 4.79 Å². The highest BCUT2D eigenvalue weighted by Gasteiger charge is 2.35. The molecule has 0 aromatic heterocycles. The molecule has 1 aliphatic heterocycles. The van der Waals surface area contributed by atoms with E-state index in [1.807, 2.05) is 38.1 Å². The predicted octanol–water partition coefficient (Wildman–Crippen LogP) is 2.08. The van der Waals surface area contributed by atoms with Gasteiger partial charge < -0.3 is 14.9 Å². The van der Waals surface area contributed by atoms with Crippen LogP contribution in [0.2, 0.25) is 0 Å². The number of carboxylic acid groups (broad SMARTS) is 1. The molecule has 1 aliphatic rings. The summed E-state index contributed by atoms with van der Waals surface area (Å²) in [5, 5.41) is 9.34. The number of carbonyl (C=O) groups is 2. The van der Waals surface area contributed by atoms with Gasteiger partial charge in [0.1, 0.15) is 6.04 Å². The third-order valence-corrected chi connectivity index (χ3v) is 4.04. The van der Waals surface area contributed by atoms with Gasteiger partial charge in [0.25, 0.3) is 5.91 Å². The van der Waals surface area contributed by atoms with E-state index in [4.69, 9.17) is 0 Å². The predicted molar refractivity (Wildman–Crippen MR) is 81.6 cm³/mol. The number of hydrogen-bond acceptors (Lipinski definition) is 3. The summed E-state index contributed by atoms with van der Waals surface area (Å²) in [7, 11) is 3.87. The first-order valence-corrected chi connectivity index (χ1v) is 7.21. The average Bonchev–Trinajstić information content (AvgIpc) is 2.46. The summed E-state index contributed by atoms with van der Waals surface area (Å²) < 4.78 is 0. The molecule has 2 unspecified atom stereocenters. The molecule has 21 heavy (non-hydrogen) atoms. The highest BCUT2D eigenvalue weighted by atomic mass is 16.4. The van der Waals surface area contributed by atoms with Crippen molar-refractivity contribution < 1.29 is 14.7 Å². The monoisotopic (exact) mass is 290 g/mol. The fraction of sp³-hybridized carbons (Fsp3) is 0.500. The molecule has 0 bridgehead atoms. The zero-order valence-corrected chi connectivity index (χ0v) is 12.7. The van der Waals surface area contributed by atoms with E-state index in [1.54, 1.807) is 12.1 Å². The maximum atomic E-state index is 12.6. The van der Waals surface area contributed by atoms with Crippen molar-refractivity contribution in [2.24, 2.45) is 5.92 Å². The van der Waals surface area contributed by atoms with Crippen LogP contribution < -0.4 is 4.90 Å². The van der Waals surface area contributed by atoms with E-state index in [0.717, 1.165) is 12.1 Å². The normalized spacial score (nSPS) is 22.0. The van der Waals surface area contributed by atoms with E-state index >= 15 is 0 Å². The number of piperidine rings is 1. The molecule has 2 rings (SSSR count). The highest BCUT2D eigenvalue weighted by molar-refractivity contribution is 5.97. The molecule has 114 valence electrons. The average molecular weight is 290 g/mol. The summed E-state index contributed by atoms with van der Waals surface area (Å²) in [4.78, 5) is 27.4. The highest BCUT2D eigenvalue weighted by Crippen LogP contribution is 2.25. The second-order valence-electron chi connectivity index (χ2n) is 5.92. The number of benzene rings is 1. The first-order chi connectivity index (χ1) is 9.90. The minimum Gasteiger partial charge on any atom is -0.480 e. The summed E-state index contributed by atoms with van der Waals surface area (Å²) in [5.74, 6) is -0.773. The molecule has 5 nitrogen and oxygen atoms in total. The fourth-order valence-corrected chi connectivity index (χ4v) is 2.69. The van der Waals surface area contributed by atoms with Crippen molar-refractivity contribution >= 4 is 17.6 Å². The van der Waals surface area contributed by atoms with Gasteiger partial charge in [-0.2, -0.15) is 0 Å². The van der Waals surface area contributed by atoms with Crippen molar-refractivity contribution in [3.8, 4) is 0 Å². The number of amides is 1. The van der Waals surface area contributed by atoms with Gasteiger partial charge in [0.2, 0.25) is 0 Å². The Balaban J connectivity index is 2.19. The molecule has 1 fully saturated rings. The Hall–Kier alpha value is -2.04. The molecule has 1 aromatic rings. The Morgan fingerprint density at radius 1 is 1.24 bits per heavy atom. The summed E-state index contributed by atoms with van der Waals surface area (Å²) >= 11 is 0. The van der Waals surface area contributed by atoms with Crippen LogP contribution in [0.1, 0.15) is 30.1 Å². The summed E-state index contributed by atoms with van der Waals surface area (Å²) in [6.07, 6.45) is 1.38. The molecule has 1 N–H and O–H groups in total. The van der Waals surface area contributed by atoms with Crippen LogP contribution in [0, 0.1) is 5.92 Å². The molecule has 1 saturated heterocycles. The van der Waals surface area contributed by atoms with E-state index in [1.165, 1.54) is 4.90 Å². The molecule has 0 radical (unpaired) electrons. The number of carbonyl (C=O) groups excluding carboxylic acids is 1. The van der Waals surface area contributed by atoms with Crippen molar-refractivity contribution in [1.82, 2.24) is 4.90 Å². The molecule has 0 saturated carbocycles. The van der Waals surface area contributed by atoms with Crippen molar-refractivity contribution in [2.75, 3.05) is 25.5 Å². The van der Waals surface area contributed by atoms with Crippen molar-refractivity contribution in [1.29, 1.82) is 0 Å². The molecule has 1 heterocycles. The van der Waals surface area contributed by atoms with E-state index in [0.29, 0.717) is 24.4 Å². The van der Waals surface area contributed by atoms with E-state index in [2.05, 4.69) is 0 Å². The molecule has 1 aromatic carbocycles. The number of carboxylic acids is 1. The summed E-state index contributed by atoms with van der Waals surface area (Å²) in [6.45, 7) is 2.54. The molecular weight excluding hydrogens is 268 g/mol. The van der Waals surface area contributed by atoms with Crippen LogP contribution in [0.25, 0.3) is 0 Å². The molecule has 1 amide bonds. The zero-order valence-electron chi connectivity index (χ0n) is 12.7. The van der Waals surface area contributed by atoms with E-state index < -0.39 is 12.0 Å². The Morgan fingerprint density at radius 3 is 2.38 bits per heavy atom. The van der Waals surface area contributed by atoms with Gasteiger partial charge in [0.05, 0.1) is 0 Å². The quantitative estimate of drug-likeness (QED) is 0.926. The SMILES string of the molecule is CC1CCN(C(=O)c2ccc(N(C)C)cc2)C(C(=O)O)C1. The number of aliphatic carboxylic acids is 1. The smallest absolute Gasteiger partial charge is 0.326 e.